The van der Waals surface area contributed by atoms with Crippen LogP contribution in [-0.2, 0) is 0 Å². The Morgan fingerprint density at radius 1 is 1.00 bits per heavy atom. The highest BCUT2D eigenvalue weighted by Gasteiger charge is 2.37. The molecule has 0 saturated carbocycles. The number of rotatable bonds is 3. The quantitative estimate of drug-likeness (QED) is 0.681. The van der Waals surface area contributed by atoms with Gasteiger partial charge in [-0.3, -0.25) is 19.7 Å². The zero-order valence-electron chi connectivity index (χ0n) is 15.6. The van der Waals surface area contributed by atoms with Crippen molar-refractivity contribution in [1.82, 2.24) is 4.98 Å². The Labute approximate surface area is 165 Å². The van der Waals surface area contributed by atoms with Crippen LogP contribution in [0.15, 0.2) is 42.6 Å². The summed E-state index contributed by atoms with van der Waals surface area (Å²) in [5.41, 5.74) is 3.18. The Kier molecular flexibility index (Phi) is 4.31. The number of thiazole rings is 1. The molecule has 1 aliphatic heterocycles. The molecule has 0 spiro atoms. The molecule has 0 aliphatic carbocycles. The third-order valence-corrected chi connectivity index (χ3v) is 5.42. The van der Waals surface area contributed by atoms with Crippen LogP contribution in [0, 0.1) is 20.8 Å². The van der Waals surface area contributed by atoms with Crippen LogP contribution in [-0.4, -0.2) is 22.7 Å². The zero-order chi connectivity index (χ0) is 20.0. The molecular weight excluding hydrogens is 374 g/mol. The van der Waals surface area contributed by atoms with Gasteiger partial charge in [0, 0.05) is 16.6 Å². The second-order valence-corrected chi connectivity index (χ2v) is 7.96. The number of aromatic nitrogens is 1. The maximum atomic E-state index is 13.0. The average molecular weight is 391 g/mol. The van der Waals surface area contributed by atoms with Gasteiger partial charge in [0.2, 0.25) is 0 Å². The summed E-state index contributed by atoms with van der Waals surface area (Å²) in [7, 11) is 0. The molecule has 28 heavy (non-hydrogen) atoms. The molecule has 7 heteroatoms. The molecule has 0 radical (unpaired) electrons. The lowest BCUT2D eigenvalue weighted by Gasteiger charge is -2.17. The predicted molar refractivity (Wildman–Crippen MR) is 108 cm³/mol. The van der Waals surface area contributed by atoms with Gasteiger partial charge in [-0.15, -0.1) is 11.3 Å². The highest BCUT2D eigenvalue weighted by molar-refractivity contribution is 7.15. The van der Waals surface area contributed by atoms with E-state index in [9.17, 15) is 14.4 Å². The van der Waals surface area contributed by atoms with Crippen molar-refractivity contribution >= 4 is 39.9 Å². The Bertz CT molecular complexity index is 1150. The third-order valence-electron chi connectivity index (χ3n) is 4.60. The van der Waals surface area contributed by atoms with Crippen LogP contribution in [0.5, 0.6) is 0 Å². The molecule has 3 aromatic rings. The number of nitrogens with one attached hydrogen (secondary N) is 1. The van der Waals surface area contributed by atoms with Gasteiger partial charge in [0.15, 0.2) is 5.13 Å². The van der Waals surface area contributed by atoms with E-state index in [0.29, 0.717) is 21.9 Å². The first-order valence-electron chi connectivity index (χ1n) is 8.69. The molecule has 4 rings (SSSR count). The van der Waals surface area contributed by atoms with Gasteiger partial charge in [0.25, 0.3) is 17.7 Å². The molecule has 2 aromatic carbocycles. The number of benzene rings is 2. The summed E-state index contributed by atoms with van der Waals surface area (Å²) in [6, 6.07) is 10.2. The lowest BCUT2D eigenvalue weighted by Crippen LogP contribution is -2.30. The molecule has 140 valence electrons. The summed E-state index contributed by atoms with van der Waals surface area (Å²) in [6.07, 6.45) is 1.67. The van der Waals surface area contributed by atoms with Crippen molar-refractivity contribution in [3.05, 3.63) is 75.3 Å². The molecule has 6 nitrogen and oxygen atoms in total. The molecule has 0 unspecified atom stereocenters. The molecule has 1 aliphatic rings. The largest absolute Gasteiger partial charge is 0.298 e. The van der Waals surface area contributed by atoms with Crippen molar-refractivity contribution in [1.29, 1.82) is 0 Å². The minimum atomic E-state index is -0.423. The normalized spacial score (nSPS) is 13.0. The first kappa shape index (κ1) is 18.1. The van der Waals surface area contributed by atoms with Gasteiger partial charge < -0.3 is 0 Å². The second kappa shape index (κ2) is 6.69. The number of carbonyl (C=O) groups is 3. The van der Waals surface area contributed by atoms with E-state index < -0.39 is 5.91 Å². The first-order valence-corrected chi connectivity index (χ1v) is 9.50. The highest BCUT2D eigenvalue weighted by Crippen LogP contribution is 2.32. The molecule has 2 heterocycles. The summed E-state index contributed by atoms with van der Waals surface area (Å²) in [6.45, 7) is 5.66. The number of aryl methyl sites for hydroxylation is 3. The van der Waals surface area contributed by atoms with Crippen LogP contribution in [0.25, 0.3) is 0 Å². The maximum absolute atomic E-state index is 13.0. The molecule has 0 fully saturated rings. The lowest BCUT2D eigenvalue weighted by molar-refractivity contribution is 0.0925. The van der Waals surface area contributed by atoms with Crippen molar-refractivity contribution < 1.29 is 14.4 Å². The van der Waals surface area contributed by atoms with Crippen LogP contribution < -0.4 is 10.2 Å². The van der Waals surface area contributed by atoms with Crippen LogP contribution in [0.2, 0.25) is 0 Å². The van der Waals surface area contributed by atoms with Crippen LogP contribution >= 0.6 is 11.3 Å². The van der Waals surface area contributed by atoms with E-state index in [1.54, 1.807) is 12.3 Å². The maximum Gasteiger partial charge on any atom is 0.266 e. The van der Waals surface area contributed by atoms with Crippen molar-refractivity contribution in [2.75, 3.05) is 10.2 Å². The van der Waals surface area contributed by atoms with Crippen LogP contribution in [0.1, 0.15) is 47.1 Å². The fraction of sp³-hybridized carbons (Fsp3) is 0.143. The van der Waals surface area contributed by atoms with Gasteiger partial charge in [0.05, 0.1) is 16.8 Å². The number of anilines is 2. The Balaban J connectivity index is 1.67. The van der Waals surface area contributed by atoms with E-state index in [2.05, 4.69) is 10.3 Å². The molecule has 0 saturated heterocycles. The van der Waals surface area contributed by atoms with E-state index in [0.717, 1.165) is 16.0 Å². The molecule has 1 N–H and O–H groups in total. The van der Waals surface area contributed by atoms with E-state index in [1.165, 1.54) is 28.4 Å². The average Bonchev–Trinajstić information content (AvgIpc) is 3.18. The summed E-state index contributed by atoms with van der Waals surface area (Å²) < 4.78 is 0. The van der Waals surface area contributed by atoms with Gasteiger partial charge in [-0.1, -0.05) is 12.1 Å². The molecule has 1 aromatic heterocycles. The van der Waals surface area contributed by atoms with Gasteiger partial charge in [-0.05, 0) is 56.2 Å². The third kappa shape index (κ3) is 2.99. The van der Waals surface area contributed by atoms with Crippen molar-refractivity contribution in [2.24, 2.45) is 0 Å². The fourth-order valence-electron chi connectivity index (χ4n) is 3.14. The minimum Gasteiger partial charge on any atom is -0.298 e. The monoisotopic (exact) mass is 391 g/mol. The van der Waals surface area contributed by atoms with E-state index >= 15 is 0 Å². The zero-order valence-corrected chi connectivity index (χ0v) is 16.4. The van der Waals surface area contributed by atoms with E-state index in [-0.39, 0.29) is 17.4 Å². The Morgan fingerprint density at radius 2 is 1.75 bits per heavy atom. The van der Waals surface area contributed by atoms with Gasteiger partial charge in [-0.2, -0.15) is 0 Å². The first-order chi connectivity index (χ1) is 13.3. The van der Waals surface area contributed by atoms with Gasteiger partial charge in [-0.25, -0.2) is 9.88 Å². The molecule has 3 amide bonds. The molecule has 0 bridgehead atoms. The molecular formula is C21H17N3O3S. The lowest BCUT2D eigenvalue weighted by atomic mass is 10.1. The number of fused-ring (bicyclic) bond motifs is 1. The predicted octanol–water partition coefficient (Wildman–Crippen LogP) is 4.12. The fourth-order valence-corrected chi connectivity index (χ4v) is 3.80. The smallest absolute Gasteiger partial charge is 0.266 e. The summed E-state index contributed by atoms with van der Waals surface area (Å²) in [4.78, 5) is 44.6. The molecule has 0 atom stereocenters. The summed E-state index contributed by atoms with van der Waals surface area (Å²) >= 11 is 1.37. The number of imide groups is 1. The summed E-state index contributed by atoms with van der Waals surface area (Å²) in [5.74, 6) is -1.17. The number of carbonyl (C=O) groups excluding carboxylic acids is 3. The van der Waals surface area contributed by atoms with Crippen molar-refractivity contribution in [3.8, 4) is 0 Å². The second-order valence-electron chi connectivity index (χ2n) is 6.73. The SMILES string of the molecule is Cc1ccc(C)c(N2C(=O)c3ccc(C(=O)Nc4ncc(C)s4)cc3C2=O)c1. The number of nitrogens with zero attached hydrogens (tertiary/aromatic N) is 2. The van der Waals surface area contributed by atoms with E-state index in [4.69, 9.17) is 0 Å². The van der Waals surface area contributed by atoms with Crippen LogP contribution in [0.3, 0.4) is 0 Å². The van der Waals surface area contributed by atoms with Gasteiger partial charge in [0.1, 0.15) is 0 Å². The Morgan fingerprint density at radius 3 is 2.46 bits per heavy atom. The standard InChI is InChI=1S/C21H17N3O3S/c1-11-4-5-12(2)17(8-11)24-19(26)15-7-6-14(9-16(15)20(24)27)18(25)23-21-22-10-13(3)28-21/h4-10H,1-3H3,(H,22,23,25). The minimum absolute atomic E-state index is 0.230. The summed E-state index contributed by atoms with van der Waals surface area (Å²) in [5, 5.41) is 3.20. The topological polar surface area (TPSA) is 79.4 Å². The van der Waals surface area contributed by atoms with Crippen molar-refractivity contribution in [3.63, 3.8) is 0 Å². The van der Waals surface area contributed by atoms with Crippen LogP contribution in [0.4, 0.5) is 10.8 Å². The number of hydrogen-bond acceptors (Lipinski definition) is 5. The van der Waals surface area contributed by atoms with E-state index in [1.807, 2.05) is 39.0 Å². The van der Waals surface area contributed by atoms with Crippen molar-refractivity contribution in [2.45, 2.75) is 20.8 Å². The highest BCUT2D eigenvalue weighted by atomic mass is 32.1. The number of hydrogen-bond donors (Lipinski definition) is 1. The number of amides is 3. The Hall–Kier alpha value is -3.32. The van der Waals surface area contributed by atoms with Gasteiger partial charge >= 0.3 is 0 Å².